The molecule has 0 spiro atoms. The molecule has 3 rings (SSSR count). The first-order valence-electron chi connectivity index (χ1n) is 8.15. The minimum atomic E-state index is -3.09. The molecule has 0 N–H and O–H groups in total. The molecule has 136 valence electrons. The van der Waals surface area contributed by atoms with E-state index in [0.29, 0.717) is 17.5 Å². The van der Waals surface area contributed by atoms with Crippen LogP contribution in [0.3, 0.4) is 0 Å². The highest BCUT2D eigenvalue weighted by Crippen LogP contribution is 2.22. The first-order valence-corrected chi connectivity index (χ1v) is 10.8. The quantitative estimate of drug-likeness (QED) is 0.692. The van der Waals surface area contributed by atoms with E-state index in [-0.39, 0.29) is 34.8 Å². The van der Waals surface area contributed by atoms with Crippen LogP contribution in [-0.4, -0.2) is 49.6 Å². The number of halogens is 1. The van der Waals surface area contributed by atoms with Crippen LogP contribution in [-0.2, 0) is 9.84 Å². The molecule has 1 amide bonds. The maximum Gasteiger partial charge on any atom is 0.254 e. The number of sulfone groups is 1. The lowest BCUT2D eigenvalue weighted by molar-refractivity contribution is 0.0743. The Morgan fingerprint density at radius 1 is 1.04 bits per heavy atom. The molecule has 2 aromatic rings. The average molecular weight is 436 g/mol. The van der Waals surface area contributed by atoms with Gasteiger partial charge in [0.1, 0.15) is 0 Å². The third-order valence-corrected chi connectivity index (χ3v) is 6.86. The Kier molecular flexibility index (Phi) is 5.29. The van der Waals surface area contributed by atoms with Crippen LogP contribution in [0.4, 0.5) is 0 Å². The second-order valence-electron chi connectivity index (χ2n) is 6.35. The number of nitrogens with zero attached hydrogens (tertiary/aromatic N) is 1. The van der Waals surface area contributed by atoms with Crippen molar-refractivity contribution in [3.8, 4) is 0 Å². The van der Waals surface area contributed by atoms with Crippen molar-refractivity contribution >= 4 is 37.5 Å². The lowest BCUT2D eigenvalue weighted by atomic mass is 9.97. The van der Waals surface area contributed by atoms with E-state index in [4.69, 9.17) is 0 Å². The van der Waals surface area contributed by atoms with Crippen molar-refractivity contribution in [3.63, 3.8) is 0 Å². The zero-order chi connectivity index (χ0) is 18.9. The Morgan fingerprint density at radius 3 is 2.23 bits per heavy atom. The molecule has 0 radical (unpaired) electrons. The van der Waals surface area contributed by atoms with Crippen molar-refractivity contribution in [2.45, 2.75) is 12.5 Å². The number of benzene rings is 2. The van der Waals surface area contributed by atoms with Gasteiger partial charge in [0.25, 0.3) is 5.91 Å². The van der Waals surface area contributed by atoms with E-state index in [1.807, 2.05) is 0 Å². The van der Waals surface area contributed by atoms with Crippen LogP contribution in [0.1, 0.15) is 32.7 Å². The van der Waals surface area contributed by atoms with E-state index < -0.39 is 9.84 Å². The maximum absolute atomic E-state index is 12.9. The van der Waals surface area contributed by atoms with E-state index in [9.17, 15) is 18.0 Å². The van der Waals surface area contributed by atoms with Gasteiger partial charge in [-0.25, -0.2) is 8.42 Å². The minimum Gasteiger partial charge on any atom is -0.338 e. The molecule has 1 fully saturated rings. The van der Waals surface area contributed by atoms with Gasteiger partial charge >= 0.3 is 0 Å². The van der Waals surface area contributed by atoms with Crippen molar-refractivity contribution in [2.75, 3.05) is 18.6 Å². The Morgan fingerprint density at radius 2 is 1.65 bits per heavy atom. The summed E-state index contributed by atoms with van der Waals surface area (Å²) < 4.78 is 24.3. The van der Waals surface area contributed by atoms with Gasteiger partial charge in [0.05, 0.1) is 17.1 Å². The first kappa shape index (κ1) is 18.8. The van der Waals surface area contributed by atoms with Crippen molar-refractivity contribution < 1.29 is 18.0 Å². The lowest BCUT2D eigenvalue weighted by Gasteiger charge is -2.24. The number of hydrogen-bond donors (Lipinski definition) is 0. The summed E-state index contributed by atoms with van der Waals surface area (Å²) in [4.78, 5) is 27.2. The second-order valence-corrected chi connectivity index (χ2v) is 9.50. The second kappa shape index (κ2) is 7.32. The molecule has 7 heteroatoms. The molecule has 1 aliphatic rings. The smallest absolute Gasteiger partial charge is 0.254 e. The summed E-state index contributed by atoms with van der Waals surface area (Å²) >= 11 is 3.33. The molecule has 26 heavy (non-hydrogen) atoms. The van der Waals surface area contributed by atoms with Crippen molar-refractivity contribution in [1.29, 1.82) is 0 Å². The fraction of sp³-hybridized carbons (Fsp3) is 0.263. The summed E-state index contributed by atoms with van der Waals surface area (Å²) in [5.74, 6) is -0.519. The molecule has 0 bridgehead atoms. The Hall–Kier alpha value is -1.99. The fourth-order valence-corrected chi connectivity index (χ4v) is 5.10. The van der Waals surface area contributed by atoms with E-state index in [2.05, 4.69) is 15.9 Å². The molecule has 0 aliphatic carbocycles. The molecular weight excluding hydrogens is 418 g/mol. The topological polar surface area (TPSA) is 71.5 Å². The van der Waals surface area contributed by atoms with Gasteiger partial charge in [-0.2, -0.15) is 0 Å². The maximum atomic E-state index is 12.9. The predicted molar refractivity (Wildman–Crippen MR) is 103 cm³/mol. The highest BCUT2D eigenvalue weighted by atomic mass is 79.9. The number of amides is 1. The molecule has 1 saturated heterocycles. The molecule has 2 aromatic carbocycles. The van der Waals surface area contributed by atoms with Gasteiger partial charge in [-0.3, -0.25) is 9.59 Å². The lowest BCUT2D eigenvalue weighted by Crippen LogP contribution is -2.38. The number of carbonyl (C=O) groups excluding carboxylic acids is 2. The Balaban J connectivity index is 1.90. The van der Waals surface area contributed by atoms with E-state index in [1.54, 1.807) is 55.6 Å². The molecule has 1 aliphatic heterocycles. The third-order valence-electron chi connectivity index (χ3n) is 4.58. The Labute approximate surface area is 161 Å². The first-order chi connectivity index (χ1) is 12.3. The van der Waals surface area contributed by atoms with Gasteiger partial charge in [-0.05, 0) is 36.8 Å². The minimum absolute atomic E-state index is 0.0297. The van der Waals surface area contributed by atoms with E-state index >= 15 is 0 Å². The van der Waals surface area contributed by atoms with Crippen LogP contribution in [0.15, 0.2) is 53.0 Å². The third kappa shape index (κ3) is 3.88. The van der Waals surface area contributed by atoms with E-state index in [0.717, 1.165) is 4.47 Å². The van der Waals surface area contributed by atoms with Crippen LogP contribution in [0, 0.1) is 0 Å². The van der Waals surface area contributed by atoms with Crippen LogP contribution < -0.4 is 0 Å². The summed E-state index contributed by atoms with van der Waals surface area (Å²) in [6, 6.07) is 13.2. The molecule has 1 unspecified atom stereocenters. The van der Waals surface area contributed by atoms with Gasteiger partial charge in [0, 0.05) is 28.7 Å². The zero-order valence-electron chi connectivity index (χ0n) is 14.2. The van der Waals surface area contributed by atoms with Gasteiger partial charge in [0.15, 0.2) is 15.6 Å². The highest BCUT2D eigenvalue weighted by Gasteiger charge is 2.34. The summed E-state index contributed by atoms with van der Waals surface area (Å²) in [6.45, 7) is 0. The SMILES string of the molecule is CN(C(=O)c1ccccc1C(=O)c1ccc(Br)cc1)C1CCS(=O)(=O)C1. The van der Waals surface area contributed by atoms with Crippen LogP contribution >= 0.6 is 15.9 Å². The van der Waals surface area contributed by atoms with Gasteiger partial charge in [0.2, 0.25) is 0 Å². The standard InChI is InChI=1S/C19H18BrNO4S/c1-21(15-10-11-26(24,25)12-15)19(23)17-5-3-2-4-16(17)18(22)13-6-8-14(20)9-7-13/h2-9,15H,10-12H2,1H3. The molecule has 0 saturated carbocycles. The molecule has 5 nitrogen and oxygen atoms in total. The molecule has 1 atom stereocenters. The monoisotopic (exact) mass is 435 g/mol. The van der Waals surface area contributed by atoms with Crippen molar-refractivity contribution in [2.24, 2.45) is 0 Å². The summed E-state index contributed by atoms with van der Waals surface area (Å²) in [5.41, 5.74) is 1.08. The largest absolute Gasteiger partial charge is 0.338 e. The summed E-state index contributed by atoms with van der Waals surface area (Å²) in [5, 5.41) is 0. The fourth-order valence-electron chi connectivity index (χ4n) is 3.06. The van der Waals surface area contributed by atoms with Crippen molar-refractivity contribution in [1.82, 2.24) is 4.90 Å². The molecule has 0 aromatic heterocycles. The Bertz CT molecular complexity index is 954. The summed E-state index contributed by atoms with van der Waals surface area (Å²) in [7, 11) is -1.50. The number of hydrogen-bond acceptors (Lipinski definition) is 4. The number of ketones is 1. The normalized spacial score (nSPS) is 18.5. The summed E-state index contributed by atoms with van der Waals surface area (Å²) in [6.07, 6.45) is 0.424. The average Bonchev–Trinajstić information content (AvgIpc) is 3.00. The van der Waals surface area contributed by atoms with E-state index in [1.165, 1.54) is 4.90 Å². The van der Waals surface area contributed by atoms with Gasteiger partial charge in [-0.15, -0.1) is 0 Å². The van der Waals surface area contributed by atoms with Crippen molar-refractivity contribution in [3.05, 3.63) is 69.7 Å². The van der Waals surface area contributed by atoms with Gasteiger partial charge in [-0.1, -0.05) is 34.1 Å². The molecular formula is C19H18BrNO4S. The van der Waals surface area contributed by atoms with Crippen LogP contribution in [0.5, 0.6) is 0 Å². The van der Waals surface area contributed by atoms with Crippen LogP contribution in [0.2, 0.25) is 0 Å². The zero-order valence-corrected chi connectivity index (χ0v) is 16.6. The number of rotatable bonds is 4. The predicted octanol–water partition coefficient (Wildman–Crippen LogP) is 2.94. The van der Waals surface area contributed by atoms with Crippen LogP contribution in [0.25, 0.3) is 0 Å². The van der Waals surface area contributed by atoms with Gasteiger partial charge < -0.3 is 4.90 Å². The highest BCUT2D eigenvalue weighted by molar-refractivity contribution is 9.10. The molecule has 1 heterocycles. The number of carbonyl (C=O) groups is 2.